The van der Waals surface area contributed by atoms with Crippen LogP contribution in [0.1, 0.15) is 27.8 Å². The molecule has 0 aliphatic rings. The summed E-state index contributed by atoms with van der Waals surface area (Å²) in [5.74, 6) is 0.704. The predicted molar refractivity (Wildman–Crippen MR) is 307 cm³/mol. The Hall–Kier alpha value is -8.90. The first kappa shape index (κ1) is 43.1. The molecule has 0 aliphatic carbocycles. The predicted octanol–water partition coefficient (Wildman–Crippen LogP) is 18.2. The van der Waals surface area contributed by atoms with Crippen LogP contribution in [0.4, 0.5) is 0 Å². The van der Waals surface area contributed by atoms with Crippen LogP contribution in [-0.4, -0.2) is 19.1 Å². The highest BCUT2D eigenvalue weighted by Crippen LogP contribution is 2.46. The second kappa shape index (κ2) is 17.5. The van der Waals surface area contributed by atoms with Crippen molar-refractivity contribution in [2.75, 3.05) is 0 Å². The minimum Gasteiger partial charge on any atom is -0.315 e. The SMILES string of the molecule is C=C/C(=C\c1cn(-c2c(-c3ccccc3)cc(-c3nc(-c4ccccc4)nc4c3sc3ccccc34)cc2-c2ccccc2)c2cc(-n3c4ccccc4c4ccccc43)ccc12)c1c(C)cc(C)cc1C. The lowest BCUT2D eigenvalue weighted by Crippen LogP contribution is -2.02. The average Bonchev–Trinajstić information content (AvgIpc) is 4.09. The Morgan fingerprint density at radius 2 is 1.07 bits per heavy atom. The third kappa shape index (κ3) is 7.20. The molecule has 4 aromatic heterocycles. The number of thiophene rings is 1. The van der Waals surface area contributed by atoms with Gasteiger partial charge in [0.15, 0.2) is 5.82 Å². The van der Waals surface area contributed by atoms with E-state index in [0.717, 1.165) is 88.1 Å². The number of hydrogen-bond acceptors (Lipinski definition) is 3. The molecule has 0 fully saturated rings. The molecule has 13 aromatic rings. The van der Waals surface area contributed by atoms with Gasteiger partial charge in [-0.15, -0.1) is 11.3 Å². The molecule has 4 heterocycles. The van der Waals surface area contributed by atoms with E-state index in [2.05, 4.69) is 249 Å². The standard InChI is InChI=1S/C67H48N4S/c1-5-45(62-43(3)35-42(2)36-44(62)4)37-50-41-70(60-40-51(33-34-52(50)60)71-58-30-18-15-27-53(58)54-28-16-19-31-59(54)71)65-56(46-21-9-6-10-22-46)38-49(39-57(65)47-23-11-7-12-24-47)63-66-64(55-29-17-20-32-61(55)72-66)69-67(68-63)48-25-13-8-14-26-48/h5-41H,1H2,2-4H3/b45-37+. The van der Waals surface area contributed by atoms with Gasteiger partial charge in [0, 0.05) is 65.9 Å². The van der Waals surface area contributed by atoms with Gasteiger partial charge in [-0.2, -0.15) is 0 Å². The van der Waals surface area contributed by atoms with Gasteiger partial charge in [-0.3, -0.25) is 0 Å². The summed E-state index contributed by atoms with van der Waals surface area (Å²) < 4.78 is 7.12. The quantitative estimate of drug-likeness (QED) is 0.135. The van der Waals surface area contributed by atoms with E-state index in [-0.39, 0.29) is 0 Å². The van der Waals surface area contributed by atoms with Crippen LogP contribution in [0, 0.1) is 20.8 Å². The van der Waals surface area contributed by atoms with Crippen molar-refractivity contribution >= 4 is 76.0 Å². The molecular formula is C67H48N4S. The number of hydrogen-bond donors (Lipinski definition) is 0. The number of benzene rings is 9. The van der Waals surface area contributed by atoms with Gasteiger partial charge in [0.25, 0.3) is 0 Å². The summed E-state index contributed by atoms with van der Waals surface area (Å²) in [6, 6.07) is 74.4. The number of para-hydroxylation sites is 2. The zero-order chi connectivity index (χ0) is 48.5. The van der Waals surface area contributed by atoms with Crippen molar-refractivity contribution in [3.05, 3.63) is 253 Å². The van der Waals surface area contributed by atoms with E-state index in [1.54, 1.807) is 11.3 Å². The minimum atomic E-state index is 0.704. The molecule has 9 aromatic carbocycles. The van der Waals surface area contributed by atoms with Crippen molar-refractivity contribution in [2.45, 2.75) is 20.8 Å². The van der Waals surface area contributed by atoms with E-state index in [9.17, 15) is 0 Å². The third-order valence-corrected chi connectivity index (χ3v) is 15.4. The van der Waals surface area contributed by atoms with Crippen molar-refractivity contribution in [1.82, 2.24) is 19.1 Å². The van der Waals surface area contributed by atoms with Crippen molar-refractivity contribution in [1.29, 1.82) is 0 Å². The van der Waals surface area contributed by atoms with Crippen LogP contribution in [-0.2, 0) is 0 Å². The van der Waals surface area contributed by atoms with Crippen LogP contribution in [0.3, 0.4) is 0 Å². The first-order valence-corrected chi connectivity index (χ1v) is 25.3. The van der Waals surface area contributed by atoms with E-state index in [0.29, 0.717) is 5.82 Å². The topological polar surface area (TPSA) is 35.6 Å². The number of rotatable bonds is 9. The maximum absolute atomic E-state index is 5.52. The van der Waals surface area contributed by atoms with E-state index in [4.69, 9.17) is 9.97 Å². The molecule has 342 valence electrons. The monoisotopic (exact) mass is 940 g/mol. The summed E-state index contributed by atoms with van der Waals surface area (Å²) in [5, 5.41) is 4.73. The molecular weight excluding hydrogens is 893 g/mol. The number of aryl methyl sites for hydroxylation is 3. The number of fused-ring (bicyclic) bond motifs is 7. The summed E-state index contributed by atoms with van der Waals surface area (Å²) in [4.78, 5) is 10.8. The fraction of sp³-hybridized carbons (Fsp3) is 0.0448. The molecule has 5 heteroatoms. The van der Waals surface area contributed by atoms with Gasteiger partial charge in [-0.05, 0) is 103 Å². The number of allylic oxidation sites excluding steroid dienone is 2. The first-order valence-electron chi connectivity index (χ1n) is 24.5. The van der Waals surface area contributed by atoms with E-state index in [1.165, 1.54) is 48.8 Å². The van der Waals surface area contributed by atoms with Crippen LogP contribution in [0.25, 0.3) is 121 Å². The number of nitrogens with zero attached hydrogens (tertiary/aromatic N) is 4. The first-order chi connectivity index (χ1) is 35.4. The molecule has 4 nitrogen and oxygen atoms in total. The van der Waals surface area contributed by atoms with Crippen LogP contribution in [0.15, 0.2) is 225 Å². The fourth-order valence-corrected chi connectivity index (χ4v) is 12.3. The second-order valence-corrected chi connectivity index (χ2v) is 19.8. The minimum absolute atomic E-state index is 0.704. The lowest BCUT2D eigenvalue weighted by Gasteiger charge is -2.21. The van der Waals surface area contributed by atoms with E-state index < -0.39 is 0 Å². The van der Waals surface area contributed by atoms with Gasteiger partial charge >= 0.3 is 0 Å². The molecule has 0 amide bonds. The highest BCUT2D eigenvalue weighted by molar-refractivity contribution is 7.26. The largest absolute Gasteiger partial charge is 0.315 e. The van der Waals surface area contributed by atoms with Gasteiger partial charge in [-0.1, -0.05) is 182 Å². The Kier molecular flexibility index (Phi) is 10.5. The van der Waals surface area contributed by atoms with Crippen molar-refractivity contribution < 1.29 is 0 Å². The molecule has 72 heavy (non-hydrogen) atoms. The molecule has 0 saturated heterocycles. The van der Waals surface area contributed by atoms with Gasteiger partial charge in [0.05, 0.1) is 38.1 Å². The van der Waals surface area contributed by atoms with Crippen molar-refractivity contribution in [2.24, 2.45) is 0 Å². The zero-order valence-electron chi connectivity index (χ0n) is 40.3. The lowest BCUT2D eigenvalue weighted by atomic mass is 9.91. The summed E-state index contributed by atoms with van der Waals surface area (Å²) >= 11 is 1.76. The summed E-state index contributed by atoms with van der Waals surface area (Å²) in [7, 11) is 0. The van der Waals surface area contributed by atoms with Gasteiger partial charge in [-0.25, -0.2) is 9.97 Å². The molecule has 0 aliphatic heterocycles. The highest BCUT2D eigenvalue weighted by atomic mass is 32.1. The fourth-order valence-electron chi connectivity index (χ4n) is 11.1. The normalized spacial score (nSPS) is 12.0. The van der Waals surface area contributed by atoms with Crippen molar-refractivity contribution in [3.63, 3.8) is 0 Å². The molecule has 0 spiro atoms. The second-order valence-electron chi connectivity index (χ2n) is 18.8. The Labute approximate surface area is 422 Å². The zero-order valence-corrected chi connectivity index (χ0v) is 41.1. The summed E-state index contributed by atoms with van der Waals surface area (Å²) in [5.41, 5.74) is 21.0. The molecule has 0 unspecified atom stereocenters. The van der Waals surface area contributed by atoms with Crippen LogP contribution >= 0.6 is 11.3 Å². The third-order valence-electron chi connectivity index (χ3n) is 14.2. The highest BCUT2D eigenvalue weighted by Gasteiger charge is 2.24. The Morgan fingerprint density at radius 3 is 1.68 bits per heavy atom. The Morgan fingerprint density at radius 1 is 0.514 bits per heavy atom. The molecule has 0 bridgehead atoms. The van der Waals surface area contributed by atoms with Crippen LogP contribution in [0.2, 0.25) is 0 Å². The van der Waals surface area contributed by atoms with Crippen LogP contribution in [0.5, 0.6) is 0 Å². The Balaban J connectivity index is 1.15. The molecule has 0 radical (unpaired) electrons. The molecule has 13 rings (SSSR count). The smallest absolute Gasteiger partial charge is 0.160 e. The summed E-state index contributed by atoms with van der Waals surface area (Å²) in [6.45, 7) is 11.0. The van der Waals surface area contributed by atoms with Crippen LogP contribution < -0.4 is 0 Å². The summed E-state index contributed by atoms with van der Waals surface area (Å²) in [6.07, 6.45) is 6.69. The lowest BCUT2D eigenvalue weighted by molar-refractivity contribution is 1.12. The van der Waals surface area contributed by atoms with E-state index in [1.807, 2.05) is 12.1 Å². The average molecular weight is 941 g/mol. The maximum Gasteiger partial charge on any atom is 0.160 e. The maximum atomic E-state index is 5.52. The van der Waals surface area contributed by atoms with E-state index >= 15 is 0 Å². The van der Waals surface area contributed by atoms with Crippen molar-refractivity contribution in [3.8, 4) is 56.3 Å². The molecule has 0 atom stereocenters. The molecule has 0 saturated carbocycles. The Bertz CT molecular complexity index is 4170. The van der Waals surface area contributed by atoms with Gasteiger partial charge < -0.3 is 9.13 Å². The van der Waals surface area contributed by atoms with Gasteiger partial charge in [0.1, 0.15) is 0 Å². The van der Waals surface area contributed by atoms with Gasteiger partial charge in [0.2, 0.25) is 0 Å². The molecule has 0 N–H and O–H groups in total. The number of aromatic nitrogens is 4.